The molecular formula is C13H17F2NO. The Kier molecular flexibility index (Phi) is 4.07. The van der Waals surface area contributed by atoms with Crippen molar-refractivity contribution in [2.24, 2.45) is 0 Å². The first-order chi connectivity index (χ1) is 8.13. The quantitative estimate of drug-likeness (QED) is 0.878. The van der Waals surface area contributed by atoms with Crippen molar-refractivity contribution in [3.8, 4) is 0 Å². The van der Waals surface area contributed by atoms with Crippen LogP contribution in [-0.2, 0) is 11.3 Å². The fourth-order valence-corrected chi connectivity index (χ4v) is 2.16. The van der Waals surface area contributed by atoms with Gasteiger partial charge in [0, 0.05) is 25.3 Å². The molecule has 2 unspecified atom stereocenters. The Morgan fingerprint density at radius 2 is 2.00 bits per heavy atom. The number of rotatable bonds is 3. The molecule has 1 aliphatic rings. The Balaban J connectivity index is 1.88. The summed E-state index contributed by atoms with van der Waals surface area (Å²) in [6, 6.07) is 3.97. The Bertz CT molecular complexity index is 363. The first-order valence-corrected chi connectivity index (χ1v) is 5.93. The molecule has 0 spiro atoms. The van der Waals surface area contributed by atoms with E-state index in [-0.39, 0.29) is 6.10 Å². The first kappa shape index (κ1) is 12.5. The van der Waals surface area contributed by atoms with Gasteiger partial charge >= 0.3 is 0 Å². The summed E-state index contributed by atoms with van der Waals surface area (Å²) in [5, 5.41) is 3.31. The SMILES string of the molecule is CC1CC(NCc2cc(F)cc(F)c2)CCO1. The maximum Gasteiger partial charge on any atom is 0.126 e. The molecule has 1 saturated heterocycles. The molecule has 0 aliphatic carbocycles. The van der Waals surface area contributed by atoms with Gasteiger partial charge in [0.1, 0.15) is 11.6 Å². The molecule has 1 aromatic rings. The van der Waals surface area contributed by atoms with E-state index in [2.05, 4.69) is 5.32 Å². The van der Waals surface area contributed by atoms with Crippen molar-refractivity contribution in [2.45, 2.75) is 38.5 Å². The van der Waals surface area contributed by atoms with E-state index in [1.54, 1.807) is 0 Å². The molecule has 17 heavy (non-hydrogen) atoms. The highest BCUT2D eigenvalue weighted by molar-refractivity contribution is 5.17. The zero-order chi connectivity index (χ0) is 12.3. The van der Waals surface area contributed by atoms with E-state index in [1.165, 1.54) is 12.1 Å². The van der Waals surface area contributed by atoms with Crippen LogP contribution in [0.5, 0.6) is 0 Å². The summed E-state index contributed by atoms with van der Waals surface area (Å²) < 4.78 is 31.4. The van der Waals surface area contributed by atoms with Crippen molar-refractivity contribution in [1.82, 2.24) is 5.32 Å². The van der Waals surface area contributed by atoms with E-state index < -0.39 is 11.6 Å². The van der Waals surface area contributed by atoms with Crippen LogP contribution in [-0.4, -0.2) is 18.8 Å². The fourth-order valence-electron chi connectivity index (χ4n) is 2.16. The summed E-state index contributed by atoms with van der Waals surface area (Å²) in [7, 11) is 0. The van der Waals surface area contributed by atoms with Crippen LogP contribution < -0.4 is 5.32 Å². The lowest BCUT2D eigenvalue weighted by Crippen LogP contribution is -2.37. The second-order valence-electron chi connectivity index (χ2n) is 4.56. The van der Waals surface area contributed by atoms with Gasteiger partial charge in [0.25, 0.3) is 0 Å². The third-order valence-corrected chi connectivity index (χ3v) is 3.00. The minimum atomic E-state index is -0.526. The zero-order valence-corrected chi connectivity index (χ0v) is 9.88. The molecular weight excluding hydrogens is 224 g/mol. The van der Waals surface area contributed by atoms with Gasteiger partial charge in [-0.25, -0.2) is 8.78 Å². The van der Waals surface area contributed by atoms with E-state index in [0.717, 1.165) is 25.5 Å². The van der Waals surface area contributed by atoms with Crippen LogP contribution in [0.3, 0.4) is 0 Å². The summed E-state index contributed by atoms with van der Waals surface area (Å²) in [5.74, 6) is -1.05. The van der Waals surface area contributed by atoms with Gasteiger partial charge in [-0.3, -0.25) is 0 Å². The van der Waals surface area contributed by atoms with E-state index >= 15 is 0 Å². The molecule has 0 bridgehead atoms. The summed E-state index contributed by atoms with van der Waals surface area (Å²) in [6.07, 6.45) is 2.14. The van der Waals surface area contributed by atoms with E-state index in [4.69, 9.17) is 4.74 Å². The molecule has 0 saturated carbocycles. The summed E-state index contributed by atoms with van der Waals surface area (Å²) in [4.78, 5) is 0. The summed E-state index contributed by atoms with van der Waals surface area (Å²) in [5.41, 5.74) is 0.640. The Hall–Kier alpha value is -1.00. The lowest BCUT2D eigenvalue weighted by molar-refractivity contribution is 0.0130. The molecule has 0 radical (unpaired) electrons. The maximum absolute atomic E-state index is 13.0. The van der Waals surface area contributed by atoms with Crippen molar-refractivity contribution in [3.05, 3.63) is 35.4 Å². The zero-order valence-electron chi connectivity index (χ0n) is 9.88. The van der Waals surface area contributed by atoms with Crippen LogP contribution in [0.15, 0.2) is 18.2 Å². The topological polar surface area (TPSA) is 21.3 Å². The van der Waals surface area contributed by atoms with Gasteiger partial charge < -0.3 is 10.1 Å². The normalized spacial score (nSPS) is 24.9. The third-order valence-electron chi connectivity index (χ3n) is 3.00. The lowest BCUT2D eigenvalue weighted by Gasteiger charge is -2.28. The maximum atomic E-state index is 13.0. The van der Waals surface area contributed by atoms with Crippen molar-refractivity contribution in [2.75, 3.05) is 6.61 Å². The van der Waals surface area contributed by atoms with Gasteiger partial charge in [0.05, 0.1) is 6.10 Å². The molecule has 1 fully saturated rings. The predicted octanol–water partition coefficient (Wildman–Crippen LogP) is 2.62. The molecule has 2 nitrogen and oxygen atoms in total. The Morgan fingerprint density at radius 3 is 2.65 bits per heavy atom. The van der Waals surface area contributed by atoms with E-state index in [0.29, 0.717) is 18.2 Å². The first-order valence-electron chi connectivity index (χ1n) is 5.93. The van der Waals surface area contributed by atoms with Crippen LogP contribution in [0.25, 0.3) is 0 Å². The largest absolute Gasteiger partial charge is 0.378 e. The number of halogens is 2. The van der Waals surface area contributed by atoms with Gasteiger partial charge in [-0.2, -0.15) is 0 Å². The number of benzene rings is 1. The van der Waals surface area contributed by atoms with Crippen molar-refractivity contribution in [3.63, 3.8) is 0 Å². The smallest absolute Gasteiger partial charge is 0.126 e. The van der Waals surface area contributed by atoms with Crippen LogP contribution in [0.1, 0.15) is 25.3 Å². The van der Waals surface area contributed by atoms with Gasteiger partial charge in [-0.15, -0.1) is 0 Å². The number of hydrogen-bond acceptors (Lipinski definition) is 2. The van der Waals surface area contributed by atoms with Gasteiger partial charge in [0.15, 0.2) is 0 Å². The highest BCUT2D eigenvalue weighted by Gasteiger charge is 2.18. The van der Waals surface area contributed by atoms with Crippen molar-refractivity contribution in [1.29, 1.82) is 0 Å². The number of nitrogens with one attached hydrogen (secondary N) is 1. The molecule has 0 amide bonds. The van der Waals surface area contributed by atoms with Gasteiger partial charge in [-0.05, 0) is 37.5 Å². The lowest BCUT2D eigenvalue weighted by atomic mass is 10.0. The molecule has 1 aliphatic heterocycles. The standard InChI is InChI=1S/C13H17F2NO/c1-9-4-13(2-3-17-9)16-8-10-5-11(14)7-12(15)6-10/h5-7,9,13,16H,2-4,8H2,1H3. The fraction of sp³-hybridized carbons (Fsp3) is 0.538. The molecule has 2 atom stereocenters. The third kappa shape index (κ3) is 3.75. The second kappa shape index (κ2) is 5.56. The molecule has 1 N–H and O–H groups in total. The molecule has 1 aromatic carbocycles. The molecule has 4 heteroatoms. The highest BCUT2D eigenvalue weighted by Crippen LogP contribution is 2.14. The average molecular weight is 241 g/mol. The molecule has 2 rings (SSSR count). The molecule has 1 heterocycles. The van der Waals surface area contributed by atoms with E-state index in [9.17, 15) is 8.78 Å². The molecule has 0 aromatic heterocycles. The monoisotopic (exact) mass is 241 g/mol. The van der Waals surface area contributed by atoms with E-state index in [1.807, 2.05) is 6.92 Å². The minimum Gasteiger partial charge on any atom is -0.378 e. The Labute approximate surface area is 100.0 Å². The van der Waals surface area contributed by atoms with Crippen LogP contribution >= 0.6 is 0 Å². The van der Waals surface area contributed by atoms with Crippen LogP contribution in [0.4, 0.5) is 8.78 Å². The van der Waals surface area contributed by atoms with Crippen LogP contribution in [0, 0.1) is 11.6 Å². The predicted molar refractivity (Wildman–Crippen MR) is 61.6 cm³/mol. The van der Waals surface area contributed by atoms with Crippen molar-refractivity contribution >= 4 is 0 Å². The Morgan fingerprint density at radius 1 is 1.29 bits per heavy atom. The van der Waals surface area contributed by atoms with Gasteiger partial charge in [-0.1, -0.05) is 0 Å². The van der Waals surface area contributed by atoms with Gasteiger partial charge in [0.2, 0.25) is 0 Å². The summed E-state index contributed by atoms with van der Waals surface area (Å²) >= 11 is 0. The average Bonchev–Trinajstić information content (AvgIpc) is 2.25. The number of ether oxygens (including phenoxy) is 1. The highest BCUT2D eigenvalue weighted by atomic mass is 19.1. The number of hydrogen-bond donors (Lipinski definition) is 1. The molecule has 94 valence electrons. The van der Waals surface area contributed by atoms with Crippen LogP contribution in [0.2, 0.25) is 0 Å². The second-order valence-corrected chi connectivity index (χ2v) is 4.56. The minimum absolute atomic E-state index is 0.255. The summed E-state index contributed by atoms with van der Waals surface area (Å²) in [6.45, 7) is 3.28. The van der Waals surface area contributed by atoms with Crippen molar-refractivity contribution < 1.29 is 13.5 Å².